The molecular formula is C16H21N3OS. The van der Waals surface area contributed by atoms with Crippen molar-refractivity contribution in [2.24, 2.45) is 0 Å². The minimum absolute atomic E-state index is 0.355. The van der Waals surface area contributed by atoms with Crippen molar-refractivity contribution in [1.82, 2.24) is 9.97 Å². The van der Waals surface area contributed by atoms with Gasteiger partial charge in [0.15, 0.2) is 0 Å². The number of methoxy groups -OCH3 is 1. The maximum atomic E-state index is 5.27. The van der Waals surface area contributed by atoms with Crippen LogP contribution in [0.2, 0.25) is 0 Å². The van der Waals surface area contributed by atoms with E-state index < -0.39 is 0 Å². The first-order valence-electron chi connectivity index (χ1n) is 7.06. The molecule has 0 aliphatic rings. The van der Waals surface area contributed by atoms with Crippen LogP contribution in [-0.4, -0.2) is 23.6 Å². The highest BCUT2D eigenvalue weighted by Gasteiger charge is 2.15. The summed E-state index contributed by atoms with van der Waals surface area (Å²) in [5.74, 6) is 2.13. The van der Waals surface area contributed by atoms with Crippen molar-refractivity contribution >= 4 is 17.6 Å². The molecule has 0 radical (unpaired) electrons. The number of rotatable bonds is 6. The summed E-state index contributed by atoms with van der Waals surface area (Å²) in [4.78, 5) is 9.94. The third-order valence-electron chi connectivity index (χ3n) is 3.02. The Morgan fingerprint density at radius 3 is 2.76 bits per heavy atom. The summed E-state index contributed by atoms with van der Waals surface area (Å²) >= 11 is 1.64. The van der Waals surface area contributed by atoms with Crippen LogP contribution >= 0.6 is 11.8 Å². The second kappa shape index (κ2) is 7.31. The van der Waals surface area contributed by atoms with Crippen LogP contribution in [0.4, 0.5) is 5.82 Å². The molecule has 2 aromatic rings. The SMILES string of the molecule is CCNc1ncnc(Sc2cccc(OC)c2)c1C(C)C. The second-order valence-electron chi connectivity index (χ2n) is 4.91. The van der Waals surface area contributed by atoms with Gasteiger partial charge in [0.05, 0.1) is 7.11 Å². The molecule has 1 heterocycles. The monoisotopic (exact) mass is 303 g/mol. The zero-order chi connectivity index (χ0) is 15.2. The fourth-order valence-electron chi connectivity index (χ4n) is 2.07. The summed E-state index contributed by atoms with van der Waals surface area (Å²) in [6.45, 7) is 7.24. The fraction of sp³-hybridized carbons (Fsp3) is 0.375. The normalized spacial score (nSPS) is 10.7. The Balaban J connectivity index is 2.36. The summed E-state index contributed by atoms with van der Waals surface area (Å²) in [6, 6.07) is 8.01. The third kappa shape index (κ3) is 3.88. The van der Waals surface area contributed by atoms with Crippen LogP contribution in [0.5, 0.6) is 5.75 Å². The molecule has 0 fully saturated rings. The van der Waals surface area contributed by atoms with E-state index in [9.17, 15) is 0 Å². The van der Waals surface area contributed by atoms with E-state index in [0.717, 1.165) is 33.6 Å². The topological polar surface area (TPSA) is 47.0 Å². The summed E-state index contributed by atoms with van der Waals surface area (Å²) in [7, 11) is 1.68. The van der Waals surface area contributed by atoms with Crippen LogP contribution in [0.3, 0.4) is 0 Å². The van der Waals surface area contributed by atoms with Crippen molar-refractivity contribution in [2.45, 2.75) is 36.6 Å². The molecule has 0 bridgehead atoms. The largest absolute Gasteiger partial charge is 0.497 e. The van der Waals surface area contributed by atoms with Crippen LogP contribution in [-0.2, 0) is 0 Å². The summed E-state index contributed by atoms with van der Waals surface area (Å²) in [5, 5.41) is 4.31. The molecule has 0 aliphatic carbocycles. The molecule has 0 aliphatic heterocycles. The zero-order valence-corrected chi connectivity index (χ0v) is 13.7. The van der Waals surface area contributed by atoms with E-state index in [0.29, 0.717) is 5.92 Å². The molecular weight excluding hydrogens is 282 g/mol. The first kappa shape index (κ1) is 15.6. The molecule has 0 amide bonds. The highest BCUT2D eigenvalue weighted by Crippen LogP contribution is 2.36. The highest BCUT2D eigenvalue weighted by molar-refractivity contribution is 7.99. The predicted octanol–water partition coefficient (Wildman–Crippen LogP) is 4.19. The van der Waals surface area contributed by atoms with Gasteiger partial charge in [-0.15, -0.1) is 0 Å². The van der Waals surface area contributed by atoms with E-state index >= 15 is 0 Å². The highest BCUT2D eigenvalue weighted by atomic mass is 32.2. The van der Waals surface area contributed by atoms with Crippen LogP contribution in [0.15, 0.2) is 40.5 Å². The lowest BCUT2D eigenvalue weighted by atomic mass is 10.1. The molecule has 5 heteroatoms. The third-order valence-corrected chi connectivity index (χ3v) is 4.03. The maximum Gasteiger partial charge on any atom is 0.133 e. The molecule has 112 valence electrons. The Bertz CT molecular complexity index is 602. The van der Waals surface area contributed by atoms with Gasteiger partial charge in [-0.3, -0.25) is 0 Å². The first-order chi connectivity index (χ1) is 10.2. The van der Waals surface area contributed by atoms with Gasteiger partial charge in [0, 0.05) is 17.0 Å². The van der Waals surface area contributed by atoms with Crippen LogP contribution in [0, 0.1) is 0 Å². The smallest absolute Gasteiger partial charge is 0.133 e. The molecule has 1 N–H and O–H groups in total. The van der Waals surface area contributed by atoms with E-state index in [1.807, 2.05) is 18.2 Å². The lowest BCUT2D eigenvalue weighted by molar-refractivity contribution is 0.413. The average Bonchev–Trinajstić information content (AvgIpc) is 2.47. The van der Waals surface area contributed by atoms with Crippen molar-refractivity contribution in [3.05, 3.63) is 36.2 Å². The number of ether oxygens (including phenoxy) is 1. The fourth-order valence-corrected chi connectivity index (χ4v) is 3.15. The van der Waals surface area contributed by atoms with Crippen molar-refractivity contribution in [3.63, 3.8) is 0 Å². The van der Waals surface area contributed by atoms with Gasteiger partial charge in [0.1, 0.15) is 22.9 Å². The molecule has 0 unspecified atom stereocenters. The van der Waals surface area contributed by atoms with Crippen LogP contribution in [0.25, 0.3) is 0 Å². The molecule has 0 saturated heterocycles. The van der Waals surface area contributed by atoms with Crippen molar-refractivity contribution in [1.29, 1.82) is 0 Å². The van der Waals surface area contributed by atoms with Gasteiger partial charge in [-0.2, -0.15) is 0 Å². The Morgan fingerprint density at radius 2 is 2.10 bits per heavy atom. The molecule has 0 atom stereocenters. The minimum atomic E-state index is 0.355. The number of hydrogen-bond acceptors (Lipinski definition) is 5. The number of benzene rings is 1. The minimum Gasteiger partial charge on any atom is -0.497 e. The lowest BCUT2D eigenvalue weighted by Crippen LogP contribution is -2.07. The summed E-state index contributed by atoms with van der Waals surface area (Å²) in [5.41, 5.74) is 1.16. The Hall–Kier alpha value is -1.75. The maximum absolute atomic E-state index is 5.27. The molecule has 2 rings (SSSR count). The van der Waals surface area contributed by atoms with E-state index in [1.54, 1.807) is 25.2 Å². The number of anilines is 1. The zero-order valence-electron chi connectivity index (χ0n) is 12.9. The predicted molar refractivity (Wildman–Crippen MR) is 87.4 cm³/mol. The van der Waals surface area contributed by atoms with Crippen molar-refractivity contribution < 1.29 is 4.74 Å². The van der Waals surface area contributed by atoms with E-state index in [2.05, 4.69) is 42.1 Å². The van der Waals surface area contributed by atoms with E-state index in [-0.39, 0.29) is 0 Å². The summed E-state index contributed by atoms with van der Waals surface area (Å²) in [6.07, 6.45) is 1.62. The standard InChI is InChI=1S/C16H21N3OS/c1-5-17-15-14(11(2)3)16(19-10-18-15)21-13-8-6-7-12(9-13)20-4/h6-11H,5H2,1-4H3,(H,17,18,19). The van der Waals surface area contributed by atoms with Crippen LogP contribution in [0.1, 0.15) is 32.3 Å². The van der Waals surface area contributed by atoms with Gasteiger partial charge < -0.3 is 10.1 Å². The molecule has 4 nitrogen and oxygen atoms in total. The van der Waals surface area contributed by atoms with Crippen LogP contribution < -0.4 is 10.1 Å². The van der Waals surface area contributed by atoms with Gasteiger partial charge in [-0.1, -0.05) is 31.7 Å². The lowest BCUT2D eigenvalue weighted by Gasteiger charge is -2.16. The average molecular weight is 303 g/mol. The van der Waals surface area contributed by atoms with Gasteiger partial charge in [0.2, 0.25) is 0 Å². The summed E-state index contributed by atoms with van der Waals surface area (Å²) < 4.78 is 5.27. The van der Waals surface area contributed by atoms with Crippen molar-refractivity contribution in [3.8, 4) is 5.75 Å². The van der Waals surface area contributed by atoms with E-state index in [1.165, 1.54) is 0 Å². The van der Waals surface area contributed by atoms with Gasteiger partial charge >= 0.3 is 0 Å². The number of hydrogen-bond donors (Lipinski definition) is 1. The van der Waals surface area contributed by atoms with E-state index in [4.69, 9.17) is 4.74 Å². The number of nitrogens with one attached hydrogen (secondary N) is 1. The number of aromatic nitrogens is 2. The molecule has 0 spiro atoms. The first-order valence-corrected chi connectivity index (χ1v) is 7.88. The van der Waals surface area contributed by atoms with Crippen molar-refractivity contribution in [2.75, 3.05) is 19.0 Å². The molecule has 21 heavy (non-hydrogen) atoms. The quantitative estimate of drug-likeness (QED) is 0.811. The number of nitrogens with zero attached hydrogens (tertiary/aromatic N) is 2. The van der Waals surface area contributed by atoms with Gasteiger partial charge in [-0.25, -0.2) is 9.97 Å². The Labute approximate surface area is 130 Å². The molecule has 1 aromatic carbocycles. The van der Waals surface area contributed by atoms with Gasteiger partial charge in [0.25, 0.3) is 0 Å². The molecule has 0 saturated carbocycles. The molecule has 1 aromatic heterocycles. The Kier molecular flexibility index (Phi) is 5.44. The second-order valence-corrected chi connectivity index (χ2v) is 5.97. The van der Waals surface area contributed by atoms with Gasteiger partial charge in [-0.05, 0) is 31.0 Å². The Morgan fingerprint density at radius 1 is 1.29 bits per heavy atom.